The molecule has 0 N–H and O–H groups in total. The fourth-order valence-electron chi connectivity index (χ4n) is 4.97. The van der Waals surface area contributed by atoms with Crippen molar-refractivity contribution in [2.24, 2.45) is 21.9 Å². The standard InChI is InChI=1S/C28H42FN3OS.CH3NO/c1-8-28(14-11-15-31(6)7)16-22(27(3,4)5)18-32(20-28)19-23-17-30-26(34-23)24-12-9-10-13-25(24)33-21(2)29;1-2-3/h8-10,12-13,17,21-22H,1,11,14-16,18-20H2,2-7H3;1H3. The molecule has 6 nitrogen and oxygen atoms in total. The number of rotatable bonds is 10. The summed E-state index contributed by atoms with van der Waals surface area (Å²) in [5.41, 5.74) is 1.22. The number of alkyl halides is 1. The molecule has 2 heterocycles. The monoisotopic (exact) mass is 532 g/mol. The topological polar surface area (TPSA) is 58.0 Å². The third-order valence-corrected chi connectivity index (χ3v) is 7.96. The Bertz CT molecular complexity index is 988. The van der Waals surface area contributed by atoms with Crippen molar-refractivity contribution in [3.8, 4) is 16.3 Å². The van der Waals surface area contributed by atoms with Crippen molar-refractivity contribution < 1.29 is 9.13 Å². The number of nitroso groups, excluding NO2 is 1. The predicted molar refractivity (Wildman–Crippen MR) is 154 cm³/mol. The summed E-state index contributed by atoms with van der Waals surface area (Å²) in [5, 5.41) is 3.12. The Balaban J connectivity index is 0.00000153. The Kier molecular flexibility index (Phi) is 11.9. The van der Waals surface area contributed by atoms with E-state index in [-0.39, 0.29) is 10.8 Å². The van der Waals surface area contributed by atoms with E-state index >= 15 is 0 Å². The number of likely N-dealkylation sites (tertiary alicyclic amines) is 1. The van der Waals surface area contributed by atoms with E-state index in [1.165, 1.54) is 31.7 Å². The van der Waals surface area contributed by atoms with Crippen molar-refractivity contribution >= 4 is 11.3 Å². The van der Waals surface area contributed by atoms with Gasteiger partial charge in [-0.2, -0.15) is 4.91 Å². The van der Waals surface area contributed by atoms with Crippen LogP contribution in [0, 0.1) is 21.7 Å². The number of hydrogen-bond donors (Lipinski definition) is 0. The molecule has 3 unspecified atom stereocenters. The molecule has 0 saturated carbocycles. The first kappa shape index (κ1) is 31.1. The number of halogens is 1. The molecule has 0 aliphatic carbocycles. The van der Waals surface area contributed by atoms with Crippen LogP contribution < -0.4 is 4.74 Å². The smallest absolute Gasteiger partial charge is 0.235 e. The molecular formula is C29H45FN4O2S. The lowest BCUT2D eigenvalue weighted by Gasteiger charge is -2.49. The quantitative estimate of drug-likeness (QED) is 0.238. The van der Waals surface area contributed by atoms with E-state index in [1.54, 1.807) is 17.4 Å². The Labute approximate surface area is 226 Å². The molecule has 206 valence electrons. The molecule has 1 aromatic heterocycles. The number of aromatic nitrogens is 1. The van der Waals surface area contributed by atoms with Crippen molar-refractivity contribution in [2.45, 2.75) is 59.9 Å². The molecule has 1 saturated heterocycles. The Morgan fingerprint density at radius 3 is 2.65 bits per heavy atom. The summed E-state index contributed by atoms with van der Waals surface area (Å²) in [6.07, 6.45) is 6.39. The van der Waals surface area contributed by atoms with Gasteiger partial charge in [0, 0.05) is 43.0 Å². The molecule has 2 aromatic rings. The Hall–Kier alpha value is -2.16. The average Bonchev–Trinajstić information content (AvgIpc) is 3.27. The van der Waals surface area contributed by atoms with Gasteiger partial charge in [0.15, 0.2) is 0 Å². The summed E-state index contributed by atoms with van der Waals surface area (Å²) >= 11 is 1.67. The van der Waals surface area contributed by atoms with Crippen LogP contribution in [0.5, 0.6) is 5.75 Å². The van der Waals surface area contributed by atoms with E-state index in [0.717, 1.165) is 43.2 Å². The Morgan fingerprint density at radius 2 is 2.05 bits per heavy atom. The highest BCUT2D eigenvalue weighted by molar-refractivity contribution is 7.15. The number of hydrogen-bond acceptors (Lipinski definition) is 7. The molecule has 0 amide bonds. The maximum Gasteiger partial charge on any atom is 0.235 e. The summed E-state index contributed by atoms with van der Waals surface area (Å²) in [5.74, 6) is 1.14. The van der Waals surface area contributed by atoms with Gasteiger partial charge in [-0.15, -0.1) is 17.9 Å². The molecule has 1 aliphatic heterocycles. The zero-order chi connectivity index (χ0) is 27.6. The number of thiazole rings is 1. The lowest BCUT2D eigenvalue weighted by molar-refractivity contribution is 0.0194. The molecule has 8 heteroatoms. The molecule has 1 aromatic carbocycles. The van der Waals surface area contributed by atoms with Gasteiger partial charge >= 0.3 is 0 Å². The normalized spacial score (nSPS) is 21.2. The molecule has 3 atom stereocenters. The largest absolute Gasteiger partial charge is 0.460 e. The second-order valence-electron chi connectivity index (χ2n) is 11.4. The molecule has 3 rings (SSSR count). The minimum Gasteiger partial charge on any atom is -0.460 e. The molecular weight excluding hydrogens is 487 g/mol. The van der Waals surface area contributed by atoms with Gasteiger partial charge in [-0.1, -0.05) is 44.2 Å². The van der Waals surface area contributed by atoms with E-state index in [0.29, 0.717) is 11.7 Å². The predicted octanol–water partition coefficient (Wildman–Crippen LogP) is 7.27. The maximum absolute atomic E-state index is 13.5. The molecule has 0 radical (unpaired) electrons. The van der Waals surface area contributed by atoms with Gasteiger partial charge in [0.25, 0.3) is 0 Å². The zero-order valence-corrected chi connectivity index (χ0v) is 24.5. The van der Waals surface area contributed by atoms with Gasteiger partial charge in [0.05, 0.1) is 12.6 Å². The van der Waals surface area contributed by atoms with Crippen molar-refractivity contribution in [1.82, 2.24) is 14.8 Å². The molecule has 1 fully saturated rings. The van der Waals surface area contributed by atoms with Crippen molar-refractivity contribution in [2.75, 3.05) is 40.8 Å². The van der Waals surface area contributed by atoms with Crippen LogP contribution in [-0.4, -0.2) is 61.9 Å². The van der Waals surface area contributed by atoms with Crippen molar-refractivity contribution in [1.29, 1.82) is 0 Å². The van der Waals surface area contributed by atoms with E-state index in [2.05, 4.69) is 67.5 Å². The summed E-state index contributed by atoms with van der Waals surface area (Å²) in [6.45, 7) is 16.9. The van der Waals surface area contributed by atoms with Gasteiger partial charge < -0.3 is 9.64 Å². The highest BCUT2D eigenvalue weighted by Gasteiger charge is 2.41. The van der Waals surface area contributed by atoms with Gasteiger partial charge in [-0.05, 0) is 63.4 Å². The van der Waals surface area contributed by atoms with Crippen molar-refractivity contribution in [3.05, 3.63) is 52.9 Å². The van der Waals surface area contributed by atoms with Gasteiger partial charge in [0.1, 0.15) is 10.8 Å². The fourth-order valence-corrected chi connectivity index (χ4v) is 5.95. The highest BCUT2D eigenvalue weighted by atomic mass is 32.1. The minimum atomic E-state index is -1.36. The summed E-state index contributed by atoms with van der Waals surface area (Å²) in [6, 6.07) is 7.56. The maximum atomic E-state index is 13.5. The highest BCUT2D eigenvalue weighted by Crippen LogP contribution is 2.45. The third-order valence-electron chi connectivity index (χ3n) is 6.95. The Morgan fingerprint density at radius 1 is 1.38 bits per heavy atom. The van der Waals surface area contributed by atoms with E-state index in [1.807, 2.05) is 24.4 Å². The number of piperidine rings is 1. The number of ether oxygens (including phenoxy) is 1. The first-order valence-electron chi connectivity index (χ1n) is 13.0. The molecule has 37 heavy (non-hydrogen) atoms. The summed E-state index contributed by atoms with van der Waals surface area (Å²) in [4.78, 5) is 19.3. The van der Waals surface area contributed by atoms with Crippen LogP contribution in [0.1, 0.15) is 51.8 Å². The molecule has 1 aliphatic rings. The first-order chi connectivity index (χ1) is 17.4. The second-order valence-corrected chi connectivity index (χ2v) is 12.5. The van der Waals surface area contributed by atoms with Crippen LogP contribution in [0.15, 0.2) is 48.3 Å². The molecule has 0 bridgehead atoms. The van der Waals surface area contributed by atoms with Crippen LogP contribution >= 0.6 is 11.3 Å². The summed E-state index contributed by atoms with van der Waals surface area (Å²) < 4.78 is 18.9. The van der Waals surface area contributed by atoms with E-state index < -0.39 is 6.36 Å². The third kappa shape index (κ3) is 9.58. The minimum absolute atomic E-state index is 0.136. The van der Waals surface area contributed by atoms with E-state index in [9.17, 15) is 4.39 Å². The fraction of sp³-hybridized carbons (Fsp3) is 0.621. The number of para-hydroxylation sites is 1. The summed E-state index contributed by atoms with van der Waals surface area (Å²) in [7, 11) is 5.48. The molecule has 0 spiro atoms. The SMILES string of the molecule is C=CC1(CCCN(C)C)CC(C(C)(C)C)CN(Cc2cnc(-c3ccccc3OC(C)F)s2)C1.CN=O. The second kappa shape index (κ2) is 14.1. The van der Waals surface area contributed by atoms with Crippen LogP contribution in [0.2, 0.25) is 0 Å². The van der Waals surface area contributed by atoms with Gasteiger partial charge in [-0.25, -0.2) is 9.37 Å². The van der Waals surface area contributed by atoms with Crippen molar-refractivity contribution in [3.63, 3.8) is 0 Å². The van der Waals surface area contributed by atoms with Crippen LogP contribution in [-0.2, 0) is 6.54 Å². The average molecular weight is 533 g/mol. The lowest BCUT2D eigenvalue weighted by atomic mass is 9.65. The van der Waals surface area contributed by atoms with Crippen LogP contribution in [0.4, 0.5) is 4.39 Å². The van der Waals surface area contributed by atoms with Gasteiger partial charge in [0.2, 0.25) is 6.36 Å². The van der Waals surface area contributed by atoms with Crippen LogP contribution in [0.3, 0.4) is 0 Å². The number of nitrogens with zero attached hydrogens (tertiary/aromatic N) is 4. The zero-order valence-electron chi connectivity index (χ0n) is 23.7. The first-order valence-corrected chi connectivity index (χ1v) is 13.8. The number of benzene rings is 1. The van der Waals surface area contributed by atoms with Crippen LogP contribution in [0.25, 0.3) is 10.6 Å². The van der Waals surface area contributed by atoms with E-state index in [4.69, 9.17) is 9.64 Å². The lowest BCUT2D eigenvalue weighted by Crippen LogP contribution is -2.49. The van der Waals surface area contributed by atoms with Gasteiger partial charge in [-0.3, -0.25) is 4.90 Å².